The fourth-order valence-corrected chi connectivity index (χ4v) is 3.69. The van der Waals surface area contributed by atoms with E-state index in [4.69, 9.17) is 23.8 Å². The predicted molar refractivity (Wildman–Crippen MR) is 104 cm³/mol. The number of hydrogen-bond acceptors (Lipinski definition) is 6. The predicted octanol–water partition coefficient (Wildman–Crippen LogP) is 3.06. The van der Waals surface area contributed by atoms with Crippen molar-refractivity contribution in [2.24, 2.45) is 5.92 Å². The van der Waals surface area contributed by atoms with E-state index in [0.29, 0.717) is 43.5 Å². The first-order valence-corrected chi connectivity index (χ1v) is 9.86. The number of halogens is 3. The third-order valence-corrected chi connectivity index (χ3v) is 5.47. The van der Waals surface area contributed by atoms with Crippen LogP contribution in [0.5, 0.6) is 0 Å². The van der Waals surface area contributed by atoms with Crippen LogP contribution in [0.15, 0.2) is 41.3 Å². The van der Waals surface area contributed by atoms with Crippen LogP contribution in [0.1, 0.15) is 28.1 Å². The number of hydrogen-bond donors (Lipinski definition) is 1. The van der Waals surface area contributed by atoms with E-state index in [1.165, 1.54) is 0 Å². The van der Waals surface area contributed by atoms with Crippen LogP contribution in [0.25, 0.3) is 0 Å². The molecule has 1 unspecified atom stereocenters. The van der Waals surface area contributed by atoms with Crippen molar-refractivity contribution in [3.8, 4) is 0 Å². The molecule has 174 valence electrons. The van der Waals surface area contributed by atoms with Gasteiger partial charge in [0.25, 0.3) is 5.91 Å². The minimum Gasteiger partial charge on any atom is -0.475 e. The van der Waals surface area contributed by atoms with Crippen molar-refractivity contribution in [1.29, 1.82) is 0 Å². The van der Waals surface area contributed by atoms with Crippen molar-refractivity contribution < 1.29 is 41.8 Å². The zero-order valence-electron chi connectivity index (χ0n) is 17.3. The largest absolute Gasteiger partial charge is 0.490 e. The Labute approximate surface area is 181 Å². The van der Waals surface area contributed by atoms with Crippen LogP contribution < -0.4 is 0 Å². The van der Waals surface area contributed by atoms with Crippen LogP contribution in [0.4, 0.5) is 13.2 Å². The lowest BCUT2D eigenvalue weighted by Crippen LogP contribution is -2.66. The number of rotatable bonds is 5. The van der Waals surface area contributed by atoms with E-state index in [0.717, 1.165) is 18.6 Å². The van der Waals surface area contributed by atoms with Gasteiger partial charge >= 0.3 is 12.1 Å². The number of carbonyl (C=O) groups excluding carboxylic acids is 1. The van der Waals surface area contributed by atoms with E-state index in [1.54, 1.807) is 24.7 Å². The van der Waals surface area contributed by atoms with E-state index in [-0.39, 0.29) is 11.5 Å². The number of pyridine rings is 1. The summed E-state index contributed by atoms with van der Waals surface area (Å²) in [5, 5.41) is 7.12. The van der Waals surface area contributed by atoms with Gasteiger partial charge in [-0.1, -0.05) is 0 Å². The van der Waals surface area contributed by atoms with Crippen molar-refractivity contribution in [2.45, 2.75) is 31.7 Å². The fraction of sp³-hybridized carbons (Fsp3) is 0.476. The maximum Gasteiger partial charge on any atom is 0.490 e. The zero-order chi connectivity index (χ0) is 23.4. The van der Waals surface area contributed by atoms with Gasteiger partial charge in [-0.05, 0) is 37.1 Å². The molecule has 11 heteroatoms. The molecule has 2 saturated heterocycles. The molecule has 0 bridgehead atoms. The maximum atomic E-state index is 12.5. The summed E-state index contributed by atoms with van der Waals surface area (Å²) >= 11 is 0. The third-order valence-electron chi connectivity index (χ3n) is 5.47. The minimum atomic E-state index is -5.08. The van der Waals surface area contributed by atoms with Gasteiger partial charge in [0.1, 0.15) is 11.4 Å². The van der Waals surface area contributed by atoms with Crippen LogP contribution in [-0.2, 0) is 20.9 Å². The van der Waals surface area contributed by atoms with Crippen LogP contribution in [0.2, 0.25) is 0 Å². The summed E-state index contributed by atoms with van der Waals surface area (Å²) in [7, 11) is 0. The van der Waals surface area contributed by atoms with Crippen LogP contribution in [-0.4, -0.2) is 64.9 Å². The number of ether oxygens (including phenoxy) is 2. The molecule has 8 nitrogen and oxygen atoms in total. The number of nitrogens with zero attached hydrogens (tertiary/aromatic N) is 2. The Morgan fingerprint density at radius 2 is 1.94 bits per heavy atom. The molecule has 1 spiro atoms. The van der Waals surface area contributed by atoms with Crippen LogP contribution in [0, 0.1) is 12.8 Å². The standard InChI is InChI=1S/C19H22N2O4.C2HF3O2/c1-14-17(5-8-24-14)18(22)21-12-19(13-21)16(4-9-25-19)11-23-10-15-2-6-20-7-3-15;3-2(4,5)1(6)7/h2-3,5-8,16H,4,9-13H2,1H3;(H,6,7). The monoisotopic (exact) mass is 456 g/mol. The van der Waals surface area contributed by atoms with Gasteiger partial charge in [0.05, 0.1) is 38.1 Å². The van der Waals surface area contributed by atoms with Gasteiger partial charge in [-0.25, -0.2) is 4.79 Å². The summed E-state index contributed by atoms with van der Waals surface area (Å²) < 4.78 is 48.9. The van der Waals surface area contributed by atoms with Gasteiger partial charge in [0.15, 0.2) is 0 Å². The van der Waals surface area contributed by atoms with Gasteiger partial charge < -0.3 is 23.9 Å². The highest BCUT2D eigenvalue weighted by molar-refractivity contribution is 5.95. The summed E-state index contributed by atoms with van der Waals surface area (Å²) in [6, 6.07) is 5.64. The number of likely N-dealkylation sites (tertiary alicyclic amines) is 1. The van der Waals surface area contributed by atoms with E-state index < -0.39 is 12.1 Å². The highest BCUT2D eigenvalue weighted by atomic mass is 19.4. The highest BCUT2D eigenvalue weighted by Crippen LogP contribution is 2.41. The van der Waals surface area contributed by atoms with E-state index in [2.05, 4.69) is 4.98 Å². The molecule has 0 radical (unpaired) electrons. The average Bonchev–Trinajstić information content (AvgIpc) is 3.33. The molecule has 2 aliphatic heterocycles. The molecule has 4 heterocycles. The molecule has 0 aromatic carbocycles. The van der Waals surface area contributed by atoms with Crippen molar-refractivity contribution in [1.82, 2.24) is 9.88 Å². The summed E-state index contributed by atoms with van der Waals surface area (Å²) in [5.41, 5.74) is 1.51. The molecule has 0 saturated carbocycles. The normalized spacial score (nSPS) is 19.2. The Bertz CT molecular complexity index is 925. The second kappa shape index (κ2) is 9.70. The molecule has 2 aliphatic rings. The first-order chi connectivity index (χ1) is 15.1. The molecule has 2 aromatic rings. The molecule has 1 atom stereocenters. The molecule has 32 heavy (non-hydrogen) atoms. The van der Waals surface area contributed by atoms with Crippen LogP contribution in [0.3, 0.4) is 0 Å². The second-order valence-corrected chi connectivity index (χ2v) is 7.62. The van der Waals surface area contributed by atoms with Gasteiger partial charge in [-0.2, -0.15) is 13.2 Å². The number of aliphatic carboxylic acids is 1. The maximum absolute atomic E-state index is 12.5. The Morgan fingerprint density at radius 1 is 1.28 bits per heavy atom. The first kappa shape index (κ1) is 23.7. The number of carboxylic acid groups (broad SMARTS) is 1. The molecule has 1 N–H and O–H groups in total. The van der Waals surface area contributed by atoms with E-state index in [9.17, 15) is 18.0 Å². The zero-order valence-corrected chi connectivity index (χ0v) is 17.3. The summed E-state index contributed by atoms with van der Waals surface area (Å²) in [6.07, 6.45) is 0.987. The summed E-state index contributed by atoms with van der Waals surface area (Å²) in [5.74, 6) is -1.75. The lowest BCUT2D eigenvalue weighted by molar-refractivity contribution is -0.192. The number of furan rings is 1. The number of carbonyl (C=O) groups is 2. The summed E-state index contributed by atoms with van der Waals surface area (Å²) in [6.45, 7) is 5.02. The van der Waals surface area contributed by atoms with Gasteiger partial charge in [-0.3, -0.25) is 9.78 Å². The molecule has 0 aliphatic carbocycles. The van der Waals surface area contributed by atoms with Crippen molar-refractivity contribution in [3.63, 3.8) is 0 Å². The molecular formula is C21H23F3N2O6. The Morgan fingerprint density at radius 3 is 2.50 bits per heavy atom. The number of alkyl halides is 3. The molecule has 1 amide bonds. The van der Waals surface area contributed by atoms with Crippen molar-refractivity contribution in [2.75, 3.05) is 26.3 Å². The SMILES string of the molecule is Cc1occc1C(=O)N1CC2(C1)OCCC2COCc1ccncc1.O=C(O)C(F)(F)F. The van der Waals surface area contributed by atoms with E-state index >= 15 is 0 Å². The van der Waals surface area contributed by atoms with Crippen LogP contribution >= 0.6 is 0 Å². The lowest BCUT2D eigenvalue weighted by atomic mass is 9.81. The number of carboxylic acids is 1. The topological polar surface area (TPSA) is 102 Å². The number of amides is 1. The fourth-order valence-electron chi connectivity index (χ4n) is 3.69. The minimum absolute atomic E-state index is 0.0174. The molecule has 2 fully saturated rings. The number of aromatic nitrogens is 1. The van der Waals surface area contributed by atoms with Gasteiger partial charge in [0.2, 0.25) is 0 Å². The number of aryl methyl sites for hydroxylation is 1. The quantitative estimate of drug-likeness (QED) is 0.738. The van der Waals surface area contributed by atoms with Crippen molar-refractivity contribution in [3.05, 3.63) is 53.7 Å². The second-order valence-electron chi connectivity index (χ2n) is 7.62. The van der Waals surface area contributed by atoms with Crippen molar-refractivity contribution >= 4 is 11.9 Å². The smallest absolute Gasteiger partial charge is 0.475 e. The van der Waals surface area contributed by atoms with Gasteiger partial charge in [-0.15, -0.1) is 0 Å². The Hall–Kier alpha value is -2.92. The summed E-state index contributed by atoms with van der Waals surface area (Å²) in [4.78, 5) is 27.3. The first-order valence-electron chi connectivity index (χ1n) is 9.86. The Kier molecular flexibility index (Phi) is 7.19. The molecule has 2 aromatic heterocycles. The third kappa shape index (κ3) is 5.46. The lowest BCUT2D eigenvalue weighted by Gasteiger charge is -2.50. The average molecular weight is 456 g/mol. The molecular weight excluding hydrogens is 433 g/mol. The Balaban J connectivity index is 0.000000360. The highest BCUT2D eigenvalue weighted by Gasteiger charge is 2.54. The van der Waals surface area contributed by atoms with E-state index in [1.807, 2.05) is 24.0 Å². The molecule has 4 rings (SSSR count). The van der Waals surface area contributed by atoms with Gasteiger partial charge in [0, 0.05) is 24.9 Å².